The molecule has 0 aromatic rings. The van der Waals surface area contributed by atoms with Crippen LogP contribution in [0.1, 0.15) is 19.3 Å². The zero-order chi connectivity index (χ0) is 9.03. The Kier molecular flexibility index (Phi) is 4.20. The van der Waals surface area contributed by atoms with E-state index in [0.29, 0.717) is 13.0 Å². The van der Waals surface area contributed by atoms with Crippen LogP contribution >= 0.6 is 23.8 Å². The second-order valence-electron chi connectivity index (χ2n) is 2.65. The molecule has 12 heavy (non-hydrogen) atoms. The predicted octanol–water partition coefficient (Wildman–Crippen LogP) is 2.07. The lowest BCUT2D eigenvalue weighted by molar-refractivity contribution is 0.0432. The van der Waals surface area contributed by atoms with Gasteiger partial charge in [-0.2, -0.15) is 0 Å². The fourth-order valence-corrected chi connectivity index (χ4v) is 2.38. The van der Waals surface area contributed by atoms with Crippen molar-refractivity contribution in [2.24, 2.45) is 0 Å². The third kappa shape index (κ3) is 3.54. The van der Waals surface area contributed by atoms with Gasteiger partial charge in [0, 0.05) is 5.33 Å². The summed E-state index contributed by atoms with van der Waals surface area (Å²) < 4.78 is 20.3. The highest BCUT2D eigenvalue weighted by Gasteiger charge is 2.30. The molecular weight excluding hydrogens is 247 g/mol. The zero-order valence-electron chi connectivity index (χ0n) is 6.61. The van der Waals surface area contributed by atoms with Crippen molar-refractivity contribution >= 4 is 23.8 Å². The van der Waals surface area contributed by atoms with Crippen LogP contribution in [0, 0.1) is 0 Å². The van der Waals surface area contributed by atoms with Gasteiger partial charge < -0.3 is 4.89 Å². The average molecular weight is 259 g/mol. The minimum Gasteiger partial charge on any atom is -0.302 e. The third-order valence-electron chi connectivity index (χ3n) is 1.64. The molecule has 1 rings (SSSR count). The molecule has 0 aromatic carbocycles. The highest BCUT2D eigenvalue weighted by molar-refractivity contribution is 9.09. The van der Waals surface area contributed by atoms with Crippen molar-refractivity contribution < 1.29 is 18.5 Å². The van der Waals surface area contributed by atoms with Crippen molar-refractivity contribution in [2.75, 3.05) is 11.9 Å². The number of rotatable bonds is 3. The van der Waals surface area contributed by atoms with Gasteiger partial charge in [0.2, 0.25) is 0 Å². The van der Waals surface area contributed by atoms with E-state index < -0.39 is 7.82 Å². The van der Waals surface area contributed by atoms with Crippen LogP contribution in [0.3, 0.4) is 0 Å². The summed E-state index contributed by atoms with van der Waals surface area (Å²) in [5, 5.41) is 0.892. The molecule has 1 heterocycles. The Morgan fingerprint density at radius 3 is 3.00 bits per heavy atom. The molecule has 6 heteroatoms. The molecule has 72 valence electrons. The van der Waals surface area contributed by atoms with Gasteiger partial charge in [0.15, 0.2) is 0 Å². The summed E-state index contributed by atoms with van der Waals surface area (Å²) in [6, 6.07) is 0. The summed E-state index contributed by atoms with van der Waals surface area (Å²) in [5.41, 5.74) is 0. The number of halogens is 1. The van der Waals surface area contributed by atoms with Gasteiger partial charge in [-0.1, -0.05) is 15.9 Å². The lowest BCUT2D eigenvalue weighted by Crippen LogP contribution is -2.20. The zero-order valence-corrected chi connectivity index (χ0v) is 9.09. The number of hydrogen-bond donors (Lipinski definition) is 1. The van der Waals surface area contributed by atoms with E-state index in [9.17, 15) is 4.57 Å². The standard InChI is InChI=1S/C6H12BrO4P/c7-4-1-2-6-3-5-10-12(8,9)11-6/h6H,1-5H2,(H,8,9). The molecule has 0 aromatic heterocycles. The first-order valence-electron chi connectivity index (χ1n) is 3.86. The Morgan fingerprint density at radius 1 is 1.67 bits per heavy atom. The Labute approximate surface area is 80.0 Å². The molecule has 1 aliphatic heterocycles. The molecule has 1 N–H and O–H groups in total. The fraction of sp³-hybridized carbons (Fsp3) is 1.00. The van der Waals surface area contributed by atoms with E-state index >= 15 is 0 Å². The van der Waals surface area contributed by atoms with Gasteiger partial charge in [-0.3, -0.25) is 9.05 Å². The second kappa shape index (κ2) is 4.72. The van der Waals surface area contributed by atoms with Gasteiger partial charge >= 0.3 is 7.82 Å². The van der Waals surface area contributed by atoms with E-state index in [4.69, 9.17) is 9.42 Å². The van der Waals surface area contributed by atoms with Crippen LogP contribution in [0.5, 0.6) is 0 Å². The van der Waals surface area contributed by atoms with Gasteiger partial charge in [-0.15, -0.1) is 0 Å². The Morgan fingerprint density at radius 2 is 2.42 bits per heavy atom. The van der Waals surface area contributed by atoms with Crippen molar-refractivity contribution in [3.8, 4) is 0 Å². The first-order valence-corrected chi connectivity index (χ1v) is 6.47. The van der Waals surface area contributed by atoms with Crippen molar-refractivity contribution in [1.82, 2.24) is 0 Å². The molecule has 0 amide bonds. The van der Waals surface area contributed by atoms with E-state index in [1.807, 2.05) is 0 Å². The highest BCUT2D eigenvalue weighted by atomic mass is 79.9. The SMILES string of the molecule is O=P1(O)OCCC(CCCBr)O1. The van der Waals surface area contributed by atoms with Crippen LogP contribution in [0.2, 0.25) is 0 Å². The maximum atomic E-state index is 10.9. The highest BCUT2D eigenvalue weighted by Crippen LogP contribution is 2.48. The minimum absolute atomic E-state index is 0.118. The molecule has 0 radical (unpaired) electrons. The number of phosphoric ester groups is 1. The maximum Gasteiger partial charge on any atom is 0.472 e. The molecule has 0 spiro atoms. The van der Waals surface area contributed by atoms with Crippen molar-refractivity contribution in [3.63, 3.8) is 0 Å². The van der Waals surface area contributed by atoms with Gasteiger partial charge in [0.25, 0.3) is 0 Å². The molecule has 2 unspecified atom stereocenters. The fourth-order valence-electron chi connectivity index (χ4n) is 1.07. The molecule has 0 bridgehead atoms. The van der Waals surface area contributed by atoms with E-state index in [1.165, 1.54) is 0 Å². The first-order chi connectivity index (χ1) is 5.64. The summed E-state index contributed by atoms with van der Waals surface area (Å²) in [4.78, 5) is 8.94. The summed E-state index contributed by atoms with van der Waals surface area (Å²) in [6.45, 7) is 0.320. The van der Waals surface area contributed by atoms with E-state index in [0.717, 1.165) is 18.2 Å². The molecule has 1 saturated heterocycles. The van der Waals surface area contributed by atoms with Crippen LogP contribution in [-0.4, -0.2) is 22.9 Å². The molecule has 0 aliphatic carbocycles. The Hall–Kier alpha value is 0.590. The Balaban J connectivity index is 2.31. The molecular formula is C6H12BrO4P. The number of alkyl halides is 1. The van der Waals surface area contributed by atoms with Crippen molar-refractivity contribution in [3.05, 3.63) is 0 Å². The molecule has 1 fully saturated rings. The minimum atomic E-state index is -3.70. The van der Waals surface area contributed by atoms with Crippen LogP contribution in [0.15, 0.2) is 0 Å². The summed E-state index contributed by atoms with van der Waals surface area (Å²) in [5.74, 6) is 0. The topological polar surface area (TPSA) is 55.8 Å². The molecule has 2 atom stereocenters. The van der Waals surface area contributed by atoms with Gasteiger partial charge in [0.05, 0.1) is 12.7 Å². The average Bonchev–Trinajstić information content (AvgIpc) is 1.99. The van der Waals surface area contributed by atoms with Crippen molar-refractivity contribution in [2.45, 2.75) is 25.4 Å². The van der Waals surface area contributed by atoms with E-state index in [1.54, 1.807) is 0 Å². The Bertz CT molecular complexity index is 186. The van der Waals surface area contributed by atoms with Gasteiger partial charge in [0.1, 0.15) is 0 Å². The quantitative estimate of drug-likeness (QED) is 0.622. The lowest BCUT2D eigenvalue weighted by atomic mass is 10.1. The summed E-state index contributed by atoms with van der Waals surface area (Å²) in [7, 11) is -3.70. The summed E-state index contributed by atoms with van der Waals surface area (Å²) in [6.07, 6.45) is 2.34. The monoisotopic (exact) mass is 258 g/mol. The van der Waals surface area contributed by atoms with Crippen LogP contribution in [0.25, 0.3) is 0 Å². The van der Waals surface area contributed by atoms with Crippen LogP contribution in [0.4, 0.5) is 0 Å². The first kappa shape index (κ1) is 10.7. The van der Waals surface area contributed by atoms with E-state index in [2.05, 4.69) is 20.5 Å². The molecule has 4 nitrogen and oxygen atoms in total. The third-order valence-corrected chi connectivity index (χ3v) is 3.27. The van der Waals surface area contributed by atoms with Gasteiger partial charge in [-0.05, 0) is 19.3 Å². The predicted molar refractivity (Wildman–Crippen MR) is 48.3 cm³/mol. The van der Waals surface area contributed by atoms with Crippen molar-refractivity contribution in [1.29, 1.82) is 0 Å². The normalized spacial score (nSPS) is 36.7. The second-order valence-corrected chi connectivity index (χ2v) is 4.85. The lowest BCUT2D eigenvalue weighted by Gasteiger charge is -2.25. The maximum absolute atomic E-state index is 10.9. The molecule has 0 saturated carbocycles. The molecule has 1 aliphatic rings. The smallest absolute Gasteiger partial charge is 0.302 e. The van der Waals surface area contributed by atoms with Gasteiger partial charge in [-0.25, -0.2) is 4.57 Å². The van der Waals surface area contributed by atoms with Crippen LogP contribution < -0.4 is 0 Å². The largest absolute Gasteiger partial charge is 0.472 e. The van der Waals surface area contributed by atoms with Crippen LogP contribution in [-0.2, 0) is 13.6 Å². The number of hydrogen-bond acceptors (Lipinski definition) is 3. The summed E-state index contributed by atoms with van der Waals surface area (Å²) >= 11 is 3.29. The number of phosphoric acid groups is 1. The van der Waals surface area contributed by atoms with E-state index in [-0.39, 0.29) is 6.10 Å².